The molecule has 2 heterocycles. The zero-order valence-electron chi connectivity index (χ0n) is 20.1. The Bertz CT molecular complexity index is 1390. The summed E-state index contributed by atoms with van der Waals surface area (Å²) in [6.45, 7) is 6.67. The van der Waals surface area contributed by atoms with Gasteiger partial charge in [-0.1, -0.05) is 0 Å². The van der Waals surface area contributed by atoms with E-state index in [4.69, 9.17) is 13.9 Å². The lowest BCUT2D eigenvalue weighted by Crippen LogP contribution is -2.40. The van der Waals surface area contributed by atoms with Gasteiger partial charge in [0.15, 0.2) is 0 Å². The minimum absolute atomic E-state index is 0.0475. The number of carbonyl (C=O) groups excluding carboxylic acids is 1. The second-order valence-electron chi connectivity index (χ2n) is 8.71. The Morgan fingerprint density at radius 3 is 2.37 bits per heavy atom. The zero-order chi connectivity index (χ0) is 25.2. The molecule has 1 fully saturated rings. The molecular formula is C26H29NO7S. The molecule has 3 aromatic rings. The Morgan fingerprint density at radius 2 is 1.71 bits per heavy atom. The topological polar surface area (TPSA) is 103 Å². The van der Waals surface area contributed by atoms with Crippen molar-refractivity contribution in [3.8, 4) is 5.75 Å². The van der Waals surface area contributed by atoms with Crippen molar-refractivity contribution >= 4 is 27.0 Å². The summed E-state index contributed by atoms with van der Waals surface area (Å²) in [5.41, 5.74) is 2.59. The minimum atomic E-state index is -3.65. The van der Waals surface area contributed by atoms with E-state index in [1.807, 2.05) is 26.8 Å². The van der Waals surface area contributed by atoms with Gasteiger partial charge in [-0.3, -0.25) is 4.79 Å². The smallest absolute Gasteiger partial charge is 0.336 e. The van der Waals surface area contributed by atoms with Gasteiger partial charge >= 0.3 is 11.6 Å². The van der Waals surface area contributed by atoms with E-state index in [-0.39, 0.29) is 24.6 Å². The van der Waals surface area contributed by atoms with Crippen molar-refractivity contribution in [2.24, 2.45) is 5.92 Å². The second-order valence-corrected chi connectivity index (χ2v) is 10.7. The van der Waals surface area contributed by atoms with Gasteiger partial charge in [0.05, 0.1) is 17.4 Å². The molecule has 0 spiro atoms. The second kappa shape index (κ2) is 10.2. The SMILES string of the molecule is CCOc1ccc(S(=O)(=O)N2CCC(C(=O)OCc3cc(=O)oc4cc(C)c(C)cc34)CC2)cc1. The number of rotatable bonds is 7. The number of hydrogen-bond acceptors (Lipinski definition) is 7. The molecule has 0 saturated carbocycles. The third-order valence-electron chi connectivity index (χ3n) is 6.37. The first-order chi connectivity index (χ1) is 16.7. The maximum atomic E-state index is 13.0. The third kappa shape index (κ3) is 5.41. The maximum absolute atomic E-state index is 13.0. The van der Waals surface area contributed by atoms with E-state index in [9.17, 15) is 18.0 Å². The molecule has 2 aromatic carbocycles. The summed E-state index contributed by atoms with van der Waals surface area (Å²) >= 11 is 0. The standard InChI is InChI=1S/C26H29NO7S/c1-4-32-21-5-7-22(8-6-21)35(30,31)27-11-9-19(10-12-27)26(29)33-16-20-15-25(28)34-24-14-18(3)17(2)13-23(20)24/h5-8,13-15,19H,4,9-12,16H2,1-3H3. The minimum Gasteiger partial charge on any atom is -0.494 e. The van der Waals surface area contributed by atoms with Crippen LogP contribution < -0.4 is 10.4 Å². The highest BCUT2D eigenvalue weighted by Gasteiger charge is 2.33. The molecule has 9 heteroatoms. The molecule has 1 aromatic heterocycles. The van der Waals surface area contributed by atoms with Gasteiger partial charge in [0.25, 0.3) is 0 Å². The number of fused-ring (bicyclic) bond motifs is 1. The van der Waals surface area contributed by atoms with Crippen LogP contribution in [-0.2, 0) is 26.2 Å². The van der Waals surface area contributed by atoms with E-state index in [2.05, 4.69) is 0 Å². The molecule has 35 heavy (non-hydrogen) atoms. The lowest BCUT2D eigenvalue weighted by atomic mass is 9.98. The van der Waals surface area contributed by atoms with Crippen LogP contribution in [0.2, 0.25) is 0 Å². The average molecular weight is 500 g/mol. The molecule has 0 unspecified atom stereocenters. The van der Waals surface area contributed by atoms with Crippen LogP contribution in [0.15, 0.2) is 56.6 Å². The summed E-state index contributed by atoms with van der Waals surface area (Å²) in [5.74, 6) is -0.187. The van der Waals surface area contributed by atoms with Gasteiger partial charge in [-0.05, 0) is 81.1 Å². The number of aryl methyl sites for hydroxylation is 2. The molecule has 1 aliphatic rings. The van der Waals surface area contributed by atoms with Crippen LogP contribution in [0.25, 0.3) is 11.0 Å². The van der Waals surface area contributed by atoms with E-state index in [0.29, 0.717) is 36.3 Å². The van der Waals surface area contributed by atoms with E-state index < -0.39 is 27.5 Å². The fraction of sp³-hybridized carbons (Fsp3) is 0.385. The Kier molecular flexibility index (Phi) is 7.28. The third-order valence-corrected chi connectivity index (χ3v) is 8.29. The maximum Gasteiger partial charge on any atom is 0.336 e. The van der Waals surface area contributed by atoms with Crippen molar-refractivity contribution in [1.29, 1.82) is 0 Å². The Balaban J connectivity index is 1.38. The number of carbonyl (C=O) groups is 1. The van der Waals surface area contributed by atoms with Crippen LogP contribution in [0, 0.1) is 19.8 Å². The Morgan fingerprint density at radius 1 is 1.06 bits per heavy atom. The zero-order valence-corrected chi connectivity index (χ0v) is 20.9. The first-order valence-electron chi connectivity index (χ1n) is 11.6. The van der Waals surface area contributed by atoms with Crippen LogP contribution in [0.3, 0.4) is 0 Å². The number of nitrogens with zero attached hydrogens (tertiary/aromatic N) is 1. The number of piperidine rings is 1. The molecular weight excluding hydrogens is 470 g/mol. The monoisotopic (exact) mass is 499 g/mol. The number of hydrogen-bond donors (Lipinski definition) is 0. The number of benzene rings is 2. The highest BCUT2D eigenvalue weighted by atomic mass is 32.2. The van der Waals surface area contributed by atoms with E-state index in [1.165, 1.54) is 22.5 Å². The van der Waals surface area contributed by atoms with Crippen molar-refractivity contribution in [2.45, 2.75) is 45.1 Å². The largest absolute Gasteiger partial charge is 0.494 e. The van der Waals surface area contributed by atoms with Gasteiger partial charge in [-0.15, -0.1) is 0 Å². The highest BCUT2D eigenvalue weighted by Crippen LogP contribution is 2.27. The van der Waals surface area contributed by atoms with E-state index in [0.717, 1.165) is 16.5 Å². The van der Waals surface area contributed by atoms with Crippen LogP contribution in [0.5, 0.6) is 5.75 Å². The van der Waals surface area contributed by atoms with Crippen LogP contribution >= 0.6 is 0 Å². The van der Waals surface area contributed by atoms with Crippen LogP contribution in [-0.4, -0.2) is 38.4 Å². The Hall–Kier alpha value is -3.17. The summed E-state index contributed by atoms with van der Waals surface area (Å²) in [6, 6.07) is 11.4. The average Bonchev–Trinajstić information content (AvgIpc) is 2.84. The summed E-state index contributed by atoms with van der Waals surface area (Å²) in [4.78, 5) is 24.9. The first kappa shape index (κ1) is 24.9. The first-order valence-corrected chi connectivity index (χ1v) is 13.1. The normalized spacial score (nSPS) is 15.3. The van der Waals surface area contributed by atoms with Crippen molar-refractivity contribution in [3.05, 3.63) is 69.6 Å². The van der Waals surface area contributed by atoms with Crippen molar-refractivity contribution in [3.63, 3.8) is 0 Å². The van der Waals surface area contributed by atoms with Gasteiger partial charge in [0, 0.05) is 30.1 Å². The summed E-state index contributed by atoms with van der Waals surface area (Å²) in [6.07, 6.45) is 0.732. The molecule has 1 saturated heterocycles. The quantitative estimate of drug-likeness (QED) is 0.358. The van der Waals surface area contributed by atoms with Gasteiger partial charge < -0.3 is 13.9 Å². The van der Waals surface area contributed by atoms with Crippen LogP contribution in [0.4, 0.5) is 0 Å². The van der Waals surface area contributed by atoms with Crippen molar-refractivity contribution < 1.29 is 27.1 Å². The fourth-order valence-electron chi connectivity index (χ4n) is 4.22. The van der Waals surface area contributed by atoms with E-state index >= 15 is 0 Å². The molecule has 4 rings (SSSR count). The number of ether oxygens (including phenoxy) is 2. The van der Waals surface area contributed by atoms with E-state index in [1.54, 1.807) is 18.2 Å². The fourth-order valence-corrected chi connectivity index (χ4v) is 5.69. The number of sulfonamides is 1. The molecule has 8 nitrogen and oxygen atoms in total. The van der Waals surface area contributed by atoms with Gasteiger partial charge in [-0.25, -0.2) is 13.2 Å². The Labute approximate surface area is 204 Å². The summed E-state index contributed by atoms with van der Waals surface area (Å²) < 4.78 is 43.6. The van der Waals surface area contributed by atoms with Gasteiger partial charge in [0.2, 0.25) is 10.0 Å². The predicted octanol–water partition coefficient (Wildman–Crippen LogP) is 3.95. The molecule has 0 N–H and O–H groups in total. The van der Waals surface area contributed by atoms with Gasteiger partial charge in [-0.2, -0.15) is 4.31 Å². The molecule has 0 bridgehead atoms. The van der Waals surface area contributed by atoms with Crippen LogP contribution in [0.1, 0.15) is 36.5 Å². The highest BCUT2D eigenvalue weighted by molar-refractivity contribution is 7.89. The molecule has 0 atom stereocenters. The summed E-state index contributed by atoms with van der Waals surface area (Å²) in [5, 5.41) is 0.733. The molecule has 186 valence electrons. The molecule has 1 aliphatic heterocycles. The molecule has 0 aliphatic carbocycles. The lowest BCUT2D eigenvalue weighted by Gasteiger charge is -2.30. The lowest BCUT2D eigenvalue weighted by molar-refractivity contribution is -0.151. The number of esters is 1. The van der Waals surface area contributed by atoms with Crippen molar-refractivity contribution in [2.75, 3.05) is 19.7 Å². The van der Waals surface area contributed by atoms with Crippen molar-refractivity contribution in [1.82, 2.24) is 4.31 Å². The predicted molar refractivity (Wildman–Crippen MR) is 131 cm³/mol. The van der Waals surface area contributed by atoms with Gasteiger partial charge in [0.1, 0.15) is 17.9 Å². The summed E-state index contributed by atoms with van der Waals surface area (Å²) in [7, 11) is -3.65. The molecule has 0 amide bonds. The molecule has 0 radical (unpaired) electrons.